The standard InChI is InChI=1S/C13H23NO2/c1-7-11-8-9(2)10(3)14(11)12(15)16-13(4,5)6/h7,9-11H,1,8H2,2-6H3/t9-,10-,11?/m0/s1. The zero-order valence-electron chi connectivity index (χ0n) is 11.0. The highest BCUT2D eigenvalue weighted by molar-refractivity contribution is 5.69. The summed E-state index contributed by atoms with van der Waals surface area (Å²) in [5.41, 5.74) is -0.436. The molecule has 0 radical (unpaired) electrons. The van der Waals surface area contributed by atoms with Crippen LogP contribution in [0.1, 0.15) is 41.0 Å². The van der Waals surface area contributed by atoms with Crippen LogP contribution in [-0.2, 0) is 4.74 Å². The van der Waals surface area contributed by atoms with Crippen LogP contribution >= 0.6 is 0 Å². The summed E-state index contributed by atoms with van der Waals surface area (Å²) in [4.78, 5) is 13.9. The SMILES string of the molecule is C=CC1C[C@H](C)[C@H](C)N1C(=O)OC(C)(C)C. The molecule has 0 aliphatic carbocycles. The van der Waals surface area contributed by atoms with Gasteiger partial charge in [0.05, 0.1) is 6.04 Å². The molecular weight excluding hydrogens is 202 g/mol. The number of likely N-dealkylation sites (tertiary alicyclic amines) is 1. The van der Waals surface area contributed by atoms with E-state index in [4.69, 9.17) is 4.74 Å². The Kier molecular flexibility index (Phi) is 3.66. The monoisotopic (exact) mass is 225 g/mol. The summed E-state index contributed by atoms with van der Waals surface area (Å²) < 4.78 is 5.41. The summed E-state index contributed by atoms with van der Waals surface area (Å²) in [6.07, 6.45) is 2.59. The van der Waals surface area contributed by atoms with E-state index in [1.807, 2.05) is 31.7 Å². The van der Waals surface area contributed by atoms with Gasteiger partial charge in [-0.15, -0.1) is 6.58 Å². The number of amides is 1. The molecule has 1 aliphatic rings. The molecule has 0 aromatic rings. The summed E-state index contributed by atoms with van der Waals surface area (Å²) >= 11 is 0. The Morgan fingerprint density at radius 1 is 1.44 bits per heavy atom. The van der Waals surface area contributed by atoms with Crippen LogP contribution in [0.4, 0.5) is 4.79 Å². The maximum atomic E-state index is 12.0. The minimum atomic E-state index is -0.436. The molecule has 0 N–H and O–H groups in total. The van der Waals surface area contributed by atoms with E-state index in [9.17, 15) is 4.79 Å². The van der Waals surface area contributed by atoms with Gasteiger partial charge in [0, 0.05) is 6.04 Å². The molecule has 0 bridgehead atoms. The van der Waals surface area contributed by atoms with Crippen molar-refractivity contribution < 1.29 is 9.53 Å². The summed E-state index contributed by atoms with van der Waals surface area (Å²) in [5, 5.41) is 0. The number of ether oxygens (including phenoxy) is 1. The molecule has 1 aliphatic heterocycles. The zero-order valence-corrected chi connectivity index (χ0v) is 11.0. The molecule has 3 heteroatoms. The average molecular weight is 225 g/mol. The largest absolute Gasteiger partial charge is 0.444 e. The van der Waals surface area contributed by atoms with Crippen LogP contribution in [0.25, 0.3) is 0 Å². The predicted molar refractivity (Wildman–Crippen MR) is 65.3 cm³/mol. The first-order valence-electron chi connectivity index (χ1n) is 5.90. The van der Waals surface area contributed by atoms with Crippen molar-refractivity contribution in [2.24, 2.45) is 5.92 Å². The molecular formula is C13H23NO2. The first kappa shape index (κ1) is 13.1. The van der Waals surface area contributed by atoms with Crippen LogP contribution in [-0.4, -0.2) is 28.7 Å². The normalized spacial score (nSPS) is 30.3. The molecule has 0 aromatic carbocycles. The number of nitrogens with zero attached hydrogens (tertiary/aromatic N) is 1. The number of carbonyl (C=O) groups excluding carboxylic acids is 1. The van der Waals surface area contributed by atoms with Crippen LogP contribution in [0.2, 0.25) is 0 Å². The molecule has 16 heavy (non-hydrogen) atoms. The summed E-state index contributed by atoms with van der Waals surface area (Å²) in [6.45, 7) is 13.7. The molecule has 0 aromatic heterocycles. The Balaban J connectivity index is 2.77. The van der Waals surface area contributed by atoms with E-state index >= 15 is 0 Å². The molecule has 1 heterocycles. The van der Waals surface area contributed by atoms with Gasteiger partial charge in [0.2, 0.25) is 0 Å². The van der Waals surface area contributed by atoms with Crippen molar-refractivity contribution in [2.45, 2.75) is 58.7 Å². The molecule has 0 spiro atoms. The Bertz CT molecular complexity index is 280. The minimum Gasteiger partial charge on any atom is -0.444 e. The van der Waals surface area contributed by atoms with E-state index in [2.05, 4.69) is 20.4 Å². The van der Waals surface area contributed by atoms with E-state index in [1.165, 1.54) is 0 Å². The molecule has 3 nitrogen and oxygen atoms in total. The highest BCUT2D eigenvalue weighted by Gasteiger charge is 2.39. The Morgan fingerprint density at radius 3 is 2.44 bits per heavy atom. The third-order valence-electron chi connectivity index (χ3n) is 3.11. The molecule has 1 fully saturated rings. The molecule has 1 amide bonds. The third-order valence-corrected chi connectivity index (χ3v) is 3.11. The predicted octanol–water partition coefficient (Wildman–Crippen LogP) is 3.21. The van der Waals surface area contributed by atoms with Crippen molar-refractivity contribution in [1.29, 1.82) is 0 Å². The van der Waals surface area contributed by atoms with Crippen LogP contribution in [0.3, 0.4) is 0 Å². The molecule has 1 rings (SSSR count). The van der Waals surface area contributed by atoms with Crippen molar-refractivity contribution in [2.75, 3.05) is 0 Å². The fourth-order valence-corrected chi connectivity index (χ4v) is 2.09. The van der Waals surface area contributed by atoms with E-state index in [0.29, 0.717) is 5.92 Å². The Morgan fingerprint density at radius 2 is 2.00 bits per heavy atom. The third kappa shape index (κ3) is 2.77. The first-order valence-corrected chi connectivity index (χ1v) is 5.90. The summed E-state index contributed by atoms with van der Waals surface area (Å²) in [7, 11) is 0. The molecule has 0 saturated carbocycles. The fraction of sp³-hybridized carbons (Fsp3) is 0.769. The van der Waals surface area contributed by atoms with Crippen molar-refractivity contribution >= 4 is 6.09 Å². The van der Waals surface area contributed by atoms with E-state index in [-0.39, 0.29) is 18.2 Å². The topological polar surface area (TPSA) is 29.5 Å². The van der Waals surface area contributed by atoms with Gasteiger partial charge >= 0.3 is 6.09 Å². The quantitative estimate of drug-likeness (QED) is 0.641. The minimum absolute atomic E-state index is 0.111. The first-order chi connectivity index (χ1) is 7.26. The van der Waals surface area contributed by atoms with Gasteiger partial charge in [-0.05, 0) is 40.0 Å². The maximum absolute atomic E-state index is 12.0. The second-order valence-electron chi connectivity index (χ2n) is 5.64. The Labute approximate surface area is 98.5 Å². The molecule has 1 unspecified atom stereocenters. The van der Waals surface area contributed by atoms with Crippen molar-refractivity contribution in [3.8, 4) is 0 Å². The zero-order chi connectivity index (χ0) is 12.5. The van der Waals surface area contributed by atoms with Gasteiger partial charge in [0.15, 0.2) is 0 Å². The van der Waals surface area contributed by atoms with E-state index in [1.54, 1.807) is 0 Å². The van der Waals surface area contributed by atoms with Gasteiger partial charge in [0.25, 0.3) is 0 Å². The highest BCUT2D eigenvalue weighted by Crippen LogP contribution is 2.31. The molecule has 92 valence electrons. The highest BCUT2D eigenvalue weighted by atomic mass is 16.6. The van der Waals surface area contributed by atoms with Gasteiger partial charge in [-0.1, -0.05) is 13.0 Å². The van der Waals surface area contributed by atoms with Crippen LogP contribution in [0, 0.1) is 5.92 Å². The van der Waals surface area contributed by atoms with Crippen molar-refractivity contribution in [3.05, 3.63) is 12.7 Å². The molecule has 1 saturated heterocycles. The number of hydrogen-bond acceptors (Lipinski definition) is 2. The van der Waals surface area contributed by atoms with Crippen LogP contribution < -0.4 is 0 Å². The lowest BCUT2D eigenvalue weighted by Crippen LogP contribution is -2.43. The van der Waals surface area contributed by atoms with Crippen molar-refractivity contribution in [1.82, 2.24) is 4.90 Å². The summed E-state index contributed by atoms with van der Waals surface area (Å²) in [5.74, 6) is 0.496. The van der Waals surface area contributed by atoms with E-state index in [0.717, 1.165) is 6.42 Å². The lowest BCUT2D eigenvalue weighted by atomic mass is 10.0. The second kappa shape index (κ2) is 4.48. The Hall–Kier alpha value is -0.990. The summed E-state index contributed by atoms with van der Waals surface area (Å²) in [6, 6.07) is 0.331. The van der Waals surface area contributed by atoms with Gasteiger partial charge in [-0.3, -0.25) is 4.90 Å². The van der Waals surface area contributed by atoms with Gasteiger partial charge in [-0.2, -0.15) is 0 Å². The number of carbonyl (C=O) groups is 1. The average Bonchev–Trinajstić information content (AvgIpc) is 2.40. The lowest BCUT2D eigenvalue weighted by molar-refractivity contribution is 0.0182. The maximum Gasteiger partial charge on any atom is 0.411 e. The van der Waals surface area contributed by atoms with Crippen LogP contribution in [0.15, 0.2) is 12.7 Å². The van der Waals surface area contributed by atoms with Crippen LogP contribution in [0.5, 0.6) is 0 Å². The number of hydrogen-bond donors (Lipinski definition) is 0. The van der Waals surface area contributed by atoms with Gasteiger partial charge in [0.1, 0.15) is 5.60 Å². The lowest BCUT2D eigenvalue weighted by Gasteiger charge is -2.30. The fourth-order valence-electron chi connectivity index (χ4n) is 2.09. The second-order valence-corrected chi connectivity index (χ2v) is 5.64. The molecule has 3 atom stereocenters. The van der Waals surface area contributed by atoms with Gasteiger partial charge < -0.3 is 4.74 Å². The van der Waals surface area contributed by atoms with Gasteiger partial charge in [-0.25, -0.2) is 4.79 Å². The van der Waals surface area contributed by atoms with E-state index < -0.39 is 5.60 Å². The van der Waals surface area contributed by atoms with Crippen molar-refractivity contribution in [3.63, 3.8) is 0 Å². The number of rotatable bonds is 1. The smallest absolute Gasteiger partial charge is 0.411 e.